The monoisotopic (exact) mass is 356 g/mol. The Kier molecular flexibility index (Phi) is 5.27. The predicted molar refractivity (Wildman–Crippen MR) is 88.1 cm³/mol. The summed E-state index contributed by atoms with van der Waals surface area (Å²) >= 11 is 0. The number of hydrogen-bond donors (Lipinski definition) is 0. The molecule has 1 aromatic heterocycles. The maximum Gasteiger partial charge on any atom is 0.223 e. The van der Waals surface area contributed by atoms with E-state index in [4.69, 9.17) is 9.15 Å². The van der Waals surface area contributed by atoms with Crippen LogP contribution in [-0.2, 0) is 25.9 Å². The molecule has 24 heavy (non-hydrogen) atoms. The van der Waals surface area contributed by atoms with Crippen molar-refractivity contribution in [3.63, 3.8) is 0 Å². The van der Waals surface area contributed by atoms with Crippen molar-refractivity contribution in [2.75, 3.05) is 44.9 Å². The van der Waals surface area contributed by atoms with Crippen molar-refractivity contribution in [3.8, 4) is 0 Å². The van der Waals surface area contributed by atoms with Gasteiger partial charge < -0.3 is 14.1 Å². The Labute approximate surface area is 142 Å². The lowest BCUT2D eigenvalue weighted by Gasteiger charge is -2.31. The first kappa shape index (κ1) is 17.4. The van der Waals surface area contributed by atoms with Gasteiger partial charge in [0.15, 0.2) is 0 Å². The first-order valence-corrected chi connectivity index (χ1v) is 10.2. The van der Waals surface area contributed by atoms with Gasteiger partial charge in [-0.05, 0) is 6.07 Å². The first-order valence-electron chi connectivity index (χ1n) is 8.19. The van der Waals surface area contributed by atoms with Crippen molar-refractivity contribution in [1.82, 2.24) is 9.80 Å². The van der Waals surface area contributed by atoms with Crippen molar-refractivity contribution in [1.29, 1.82) is 0 Å². The van der Waals surface area contributed by atoms with Crippen molar-refractivity contribution in [2.24, 2.45) is 5.92 Å². The predicted octanol–water partition coefficient (Wildman–Crippen LogP) is 0.374. The number of rotatable bonds is 5. The van der Waals surface area contributed by atoms with E-state index in [1.165, 1.54) is 0 Å². The van der Waals surface area contributed by atoms with Gasteiger partial charge in [0.05, 0.1) is 37.5 Å². The lowest BCUT2D eigenvalue weighted by atomic mass is 10.1. The molecule has 1 amide bonds. The second-order valence-corrected chi connectivity index (χ2v) is 9.07. The number of carbonyl (C=O) groups is 1. The van der Waals surface area contributed by atoms with Crippen LogP contribution in [-0.4, -0.2) is 75.0 Å². The number of carbonyl (C=O) groups excluding carboxylic acids is 1. The molecule has 1 aromatic rings. The highest BCUT2D eigenvalue weighted by Gasteiger charge is 2.35. The van der Waals surface area contributed by atoms with E-state index >= 15 is 0 Å². The van der Waals surface area contributed by atoms with Gasteiger partial charge in [-0.15, -0.1) is 0 Å². The molecule has 2 aliphatic heterocycles. The van der Waals surface area contributed by atoms with Crippen LogP contribution < -0.4 is 0 Å². The van der Waals surface area contributed by atoms with Gasteiger partial charge in [-0.3, -0.25) is 9.69 Å². The first-order chi connectivity index (χ1) is 11.4. The topological polar surface area (TPSA) is 80.1 Å². The summed E-state index contributed by atoms with van der Waals surface area (Å²) in [6.45, 7) is 4.14. The third-order valence-corrected chi connectivity index (χ3v) is 5.48. The number of fused-ring (bicyclic) bond motifs is 3. The SMILES string of the molecule is CS(=O)(=O)CCC(=O)N1C[C@H]2COC[C@@H]1CN(Cc1ccoc1)C2. The van der Waals surface area contributed by atoms with Gasteiger partial charge in [-0.1, -0.05) is 0 Å². The molecule has 134 valence electrons. The lowest BCUT2D eigenvalue weighted by molar-refractivity contribution is -0.133. The number of amides is 1. The molecule has 2 atom stereocenters. The molecule has 7 nitrogen and oxygen atoms in total. The smallest absolute Gasteiger partial charge is 0.223 e. The molecule has 2 fully saturated rings. The summed E-state index contributed by atoms with van der Waals surface area (Å²) in [6.07, 6.45) is 4.62. The molecule has 8 heteroatoms. The highest BCUT2D eigenvalue weighted by molar-refractivity contribution is 7.90. The third kappa shape index (κ3) is 4.58. The second-order valence-electron chi connectivity index (χ2n) is 6.81. The van der Waals surface area contributed by atoms with Crippen LogP contribution in [0.5, 0.6) is 0 Å². The van der Waals surface area contributed by atoms with Crippen molar-refractivity contribution >= 4 is 15.7 Å². The van der Waals surface area contributed by atoms with E-state index in [0.29, 0.717) is 19.8 Å². The molecule has 0 aliphatic carbocycles. The zero-order chi connectivity index (χ0) is 17.2. The summed E-state index contributed by atoms with van der Waals surface area (Å²) in [5.74, 6) is 0.0527. The number of ether oxygens (including phenoxy) is 1. The maximum atomic E-state index is 12.5. The molecule has 2 saturated heterocycles. The van der Waals surface area contributed by atoms with Crippen LogP contribution in [0.2, 0.25) is 0 Å². The van der Waals surface area contributed by atoms with E-state index in [2.05, 4.69) is 4.90 Å². The molecule has 0 saturated carbocycles. The Bertz CT molecular complexity index is 658. The van der Waals surface area contributed by atoms with Crippen LogP contribution >= 0.6 is 0 Å². The summed E-state index contributed by atoms with van der Waals surface area (Å²) in [5.41, 5.74) is 1.12. The van der Waals surface area contributed by atoms with E-state index in [-0.39, 0.29) is 30.0 Å². The maximum absolute atomic E-state index is 12.5. The number of nitrogens with zero attached hydrogens (tertiary/aromatic N) is 2. The Morgan fingerprint density at radius 2 is 2.12 bits per heavy atom. The molecule has 0 N–H and O–H groups in total. The molecule has 2 bridgehead atoms. The standard InChI is InChI=1S/C16H24N2O5S/c1-24(20,21)5-3-16(19)18-8-14-7-17(6-13-2-4-22-10-13)9-15(18)12-23-11-14/h2,4,10,14-15H,3,5-9,11-12H2,1H3/t14-,15-/m0/s1. The Morgan fingerprint density at radius 1 is 1.29 bits per heavy atom. The largest absolute Gasteiger partial charge is 0.472 e. The number of hydrogen-bond acceptors (Lipinski definition) is 6. The van der Waals surface area contributed by atoms with Crippen LogP contribution in [0.4, 0.5) is 0 Å². The normalized spacial score (nSPS) is 25.5. The molecule has 0 radical (unpaired) electrons. The summed E-state index contributed by atoms with van der Waals surface area (Å²) < 4.78 is 33.5. The van der Waals surface area contributed by atoms with Crippen LogP contribution in [0.15, 0.2) is 23.0 Å². The molecule has 3 heterocycles. The second kappa shape index (κ2) is 7.25. The Morgan fingerprint density at radius 3 is 2.83 bits per heavy atom. The van der Waals surface area contributed by atoms with E-state index in [1.807, 2.05) is 11.0 Å². The number of sulfone groups is 1. The fourth-order valence-corrected chi connectivity index (χ4v) is 3.98. The van der Waals surface area contributed by atoms with Crippen molar-refractivity contribution < 1.29 is 22.4 Å². The molecule has 0 aromatic carbocycles. The fraction of sp³-hybridized carbons (Fsp3) is 0.688. The molecule has 0 unspecified atom stereocenters. The van der Waals surface area contributed by atoms with Gasteiger partial charge in [0, 0.05) is 50.3 Å². The quantitative estimate of drug-likeness (QED) is 0.759. The van der Waals surface area contributed by atoms with Crippen molar-refractivity contribution in [2.45, 2.75) is 19.0 Å². The summed E-state index contributed by atoms with van der Waals surface area (Å²) in [6, 6.07) is 1.92. The van der Waals surface area contributed by atoms with Gasteiger partial charge >= 0.3 is 0 Å². The molecule has 3 rings (SSSR count). The van der Waals surface area contributed by atoms with Crippen LogP contribution in [0.25, 0.3) is 0 Å². The van der Waals surface area contributed by atoms with E-state index < -0.39 is 9.84 Å². The van der Waals surface area contributed by atoms with Gasteiger partial charge in [0.25, 0.3) is 0 Å². The Balaban J connectivity index is 1.68. The highest BCUT2D eigenvalue weighted by atomic mass is 32.2. The lowest BCUT2D eigenvalue weighted by Crippen LogP contribution is -2.46. The van der Waals surface area contributed by atoms with Gasteiger partial charge in [-0.25, -0.2) is 8.42 Å². The van der Waals surface area contributed by atoms with Gasteiger partial charge in [0.1, 0.15) is 9.84 Å². The summed E-state index contributed by atoms with van der Waals surface area (Å²) in [7, 11) is -3.13. The van der Waals surface area contributed by atoms with E-state index in [1.54, 1.807) is 12.5 Å². The van der Waals surface area contributed by atoms with Crippen LogP contribution in [0, 0.1) is 5.92 Å². The third-order valence-electron chi connectivity index (χ3n) is 4.54. The highest BCUT2D eigenvalue weighted by Crippen LogP contribution is 2.22. The summed E-state index contributed by atoms with van der Waals surface area (Å²) in [4.78, 5) is 16.7. The molecule has 0 spiro atoms. The zero-order valence-electron chi connectivity index (χ0n) is 13.9. The average molecular weight is 356 g/mol. The van der Waals surface area contributed by atoms with Crippen LogP contribution in [0.1, 0.15) is 12.0 Å². The number of furan rings is 1. The minimum absolute atomic E-state index is 0.0311. The molecule has 2 aliphatic rings. The Hall–Kier alpha value is -1.38. The molecular formula is C16H24N2O5S. The fourth-order valence-electron chi connectivity index (χ4n) is 3.43. The molecular weight excluding hydrogens is 332 g/mol. The summed E-state index contributed by atoms with van der Waals surface area (Å²) in [5, 5.41) is 0. The average Bonchev–Trinajstić information content (AvgIpc) is 2.83. The van der Waals surface area contributed by atoms with E-state index in [0.717, 1.165) is 31.5 Å². The van der Waals surface area contributed by atoms with Crippen LogP contribution in [0.3, 0.4) is 0 Å². The minimum atomic E-state index is -3.13. The van der Waals surface area contributed by atoms with Gasteiger partial charge in [0.2, 0.25) is 5.91 Å². The van der Waals surface area contributed by atoms with E-state index in [9.17, 15) is 13.2 Å². The minimum Gasteiger partial charge on any atom is -0.472 e. The zero-order valence-corrected chi connectivity index (χ0v) is 14.7. The van der Waals surface area contributed by atoms with Gasteiger partial charge in [-0.2, -0.15) is 0 Å². The van der Waals surface area contributed by atoms with Crippen molar-refractivity contribution in [3.05, 3.63) is 24.2 Å².